The summed E-state index contributed by atoms with van der Waals surface area (Å²) in [6.07, 6.45) is 3.54. The maximum Gasteiger partial charge on any atom is 0.274 e. The number of carbonyl (C=O) groups excluding carboxylic acids is 1. The second kappa shape index (κ2) is 7.70. The Morgan fingerprint density at radius 3 is 2.57 bits per heavy atom. The molecule has 0 radical (unpaired) electrons. The van der Waals surface area contributed by atoms with Crippen molar-refractivity contribution in [3.8, 4) is 11.3 Å². The predicted molar refractivity (Wildman–Crippen MR) is 106 cm³/mol. The van der Waals surface area contributed by atoms with Crippen LogP contribution in [0.2, 0.25) is 5.02 Å². The first-order valence-corrected chi connectivity index (χ1v) is 9.05. The zero-order valence-electron chi connectivity index (χ0n) is 15.0. The van der Waals surface area contributed by atoms with Gasteiger partial charge in [0.15, 0.2) is 11.5 Å². The standard InChI is InChI=1S/C21H17ClN4O2/c1-26-12-11-23-20(26)19(15-5-3-2-4-6-15)24-21(27)17-13-18(28-25-17)14-7-9-16(22)10-8-14/h2-13,19H,1H3,(H,24,27). The van der Waals surface area contributed by atoms with Crippen molar-refractivity contribution in [2.24, 2.45) is 7.05 Å². The summed E-state index contributed by atoms with van der Waals surface area (Å²) in [6.45, 7) is 0. The molecule has 1 unspecified atom stereocenters. The van der Waals surface area contributed by atoms with Crippen molar-refractivity contribution >= 4 is 17.5 Å². The largest absolute Gasteiger partial charge is 0.355 e. The van der Waals surface area contributed by atoms with Crippen LogP contribution in [0.4, 0.5) is 0 Å². The monoisotopic (exact) mass is 392 g/mol. The van der Waals surface area contributed by atoms with Crippen molar-refractivity contribution < 1.29 is 9.32 Å². The van der Waals surface area contributed by atoms with Gasteiger partial charge in [-0.25, -0.2) is 4.98 Å². The molecule has 2 aromatic heterocycles. The number of carbonyl (C=O) groups is 1. The second-order valence-corrected chi connectivity index (χ2v) is 6.73. The van der Waals surface area contributed by atoms with Gasteiger partial charge < -0.3 is 14.4 Å². The van der Waals surface area contributed by atoms with Gasteiger partial charge in [-0.1, -0.05) is 47.1 Å². The molecule has 0 saturated carbocycles. The van der Waals surface area contributed by atoms with Crippen molar-refractivity contribution in [2.75, 3.05) is 0 Å². The molecule has 0 aliphatic carbocycles. The number of rotatable bonds is 5. The minimum absolute atomic E-state index is 0.195. The Kier molecular flexibility index (Phi) is 4.95. The molecule has 0 aliphatic rings. The zero-order chi connectivity index (χ0) is 19.5. The first-order chi connectivity index (χ1) is 13.6. The summed E-state index contributed by atoms with van der Waals surface area (Å²) in [6, 6.07) is 18.0. The summed E-state index contributed by atoms with van der Waals surface area (Å²) in [4.78, 5) is 17.2. The minimum Gasteiger partial charge on any atom is -0.355 e. The van der Waals surface area contributed by atoms with E-state index in [0.29, 0.717) is 10.8 Å². The third-order valence-corrected chi connectivity index (χ3v) is 4.65. The number of nitrogens with one attached hydrogen (secondary N) is 1. The van der Waals surface area contributed by atoms with E-state index in [4.69, 9.17) is 16.1 Å². The number of halogens is 1. The smallest absolute Gasteiger partial charge is 0.274 e. The van der Waals surface area contributed by atoms with Crippen LogP contribution in [0.1, 0.15) is 27.9 Å². The number of hydrogen-bond donors (Lipinski definition) is 1. The molecule has 0 fully saturated rings. The zero-order valence-corrected chi connectivity index (χ0v) is 15.8. The van der Waals surface area contributed by atoms with Gasteiger partial charge in [0.25, 0.3) is 5.91 Å². The van der Waals surface area contributed by atoms with E-state index in [1.807, 2.05) is 60.3 Å². The Balaban J connectivity index is 1.60. The first-order valence-electron chi connectivity index (χ1n) is 8.67. The third kappa shape index (κ3) is 3.68. The lowest BCUT2D eigenvalue weighted by Crippen LogP contribution is -2.31. The van der Waals surface area contributed by atoms with Gasteiger partial charge in [-0.15, -0.1) is 0 Å². The average Bonchev–Trinajstić information content (AvgIpc) is 3.37. The number of amides is 1. The number of benzene rings is 2. The van der Waals surface area contributed by atoms with Crippen molar-refractivity contribution in [2.45, 2.75) is 6.04 Å². The highest BCUT2D eigenvalue weighted by molar-refractivity contribution is 6.30. The van der Waals surface area contributed by atoms with Crippen molar-refractivity contribution in [1.82, 2.24) is 20.0 Å². The van der Waals surface area contributed by atoms with Gasteiger partial charge >= 0.3 is 0 Å². The lowest BCUT2D eigenvalue weighted by atomic mass is 10.1. The molecule has 4 rings (SSSR count). The highest BCUT2D eigenvalue weighted by Crippen LogP contribution is 2.24. The Hall–Kier alpha value is -3.38. The van der Waals surface area contributed by atoms with Gasteiger partial charge in [0.2, 0.25) is 0 Å². The van der Waals surface area contributed by atoms with Crippen LogP contribution in [0.25, 0.3) is 11.3 Å². The first kappa shape index (κ1) is 18.0. The number of imidazole rings is 1. The van der Waals surface area contributed by atoms with Crippen LogP contribution in [0.5, 0.6) is 0 Å². The third-order valence-electron chi connectivity index (χ3n) is 4.40. The number of nitrogens with zero attached hydrogens (tertiary/aromatic N) is 3. The minimum atomic E-state index is -0.413. The molecule has 140 valence electrons. The molecule has 1 atom stereocenters. The normalized spacial score (nSPS) is 11.9. The summed E-state index contributed by atoms with van der Waals surface area (Å²) in [7, 11) is 1.89. The summed E-state index contributed by atoms with van der Waals surface area (Å²) in [5, 5.41) is 7.55. The SMILES string of the molecule is Cn1ccnc1C(NC(=O)c1cc(-c2ccc(Cl)cc2)on1)c1ccccc1. The van der Waals surface area contributed by atoms with Crippen LogP contribution >= 0.6 is 11.6 Å². The van der Waals surface area contributed by atoms with Crippen molar-refractivity contribution in [1.29, 1.82) is 0 Å². The van der Waals surface area contributed by atoms with E-state index in [0.717, 1.165) is 17.0 Å². The molecule has 28 heavy (non-hydrogen) atoms. The lowest BCUT2D eigenvalue weighted by Gasteiger charge is -2.18. The van der Waals surface area contributed by atoms with E-state index in [2.05, 4.69) is 15.5 Å². The maximum atomic E-state index is 12.8. The molecule has 7 heteroatoms. The molecule has 0 saturated heterocycles. The molecule has 6 nitrogen and oxygen atoms in total. The van der Waals surface area contributed by atoms with Crippen LogP contribution in [0, 0.1) is 0 Å². The van der Waals surface area contributed by atoms with Crippen LogP contribution in [0.3, 0.4) is 0 Å². The molecular weight excluding hydrogens is 376 g/mol. The van der Waals surface area contributed by atoms with E-state index in [1.165, 1.54) is 0 Å². The van der Waals surface area contributed by atoms with Crippen LogP contribution in [-0.4, -0.2) is 20.6 Å². The van der Waals surface area contributed by atoms with Gasteiger partial charge in [-0.3, -0.25) is 4.79 Å². The topological polar surface area (TPSA) is 73.0 Å². The fourth-order valence-electron chi connectivity index (χ4n) is 2.94. The van der Waals surface area contributed by atoms with Crippen molar-refractivity contribution in [3.05, 3.63) is 95.2 Å². The lowest BCUT2D eigenvalue weighted by molar-refractivity contribution is 0.0932. The summed E-state index contributed by atoms with van der Waals surface area (Å²) < 4.78 is 7.21. The Morgan fingerprint density at radius 1 is 1.14 bits per heavy atom. The maximum absolute atomic E-state index is 12.8. The quantitative estimate of drug-likeness (QED) is 0.551. The molecule has 2 aromatic carbocycles. The number of aromatic nitrogens is 3. The van der Waals surface area contributed by atoms with Crippen molar-refractivity contribution in [3.63, 3.8) is 0 Å². The Morgan fingerprint density at radius 2 is 1.89 bits per heavy atom. The van der Waals surface area contributed by atoms with E-state index >= 15 is 0 Å². The van der Waals surface area contributed by atoms with Crippen LogP contribution < -0.4 is 5.32 Å². The summed E-state index contributed by atoms with van der Waals surface area (Å²) >= 11 is 5.91. The molecule has 1 amide bonds. The molecular formula is C21H17ClN4O2. The molecule has 0 aliphatic heterocycles. The molecule has 4 aromatic rings. The number of aryl methyl sites for hydroxylation is 1. The van der Waals surface area contributed by atoms with E-state index in [9.17, 15) is 4.79 Å². The average molecular weight is 393 g/mol. The Labute approximate surface area is 166 Å². The Bertz CT molecular complexity index is 1090. The summed E-state index contributed by atoms with van der Waals surface area (Å²) in [5.74, 6) is 0.872. The molecule has 0 spiro atoms. The highest BCUT2D eigenvalue weighted by atomic mass is 35.5. The van der Waals surface area contributed by atoms with Gasteiger partial charge in [0.1, 0.15) is 11.9 Å². The summed E-state index contributed by atoms with van der Waals surface area (Å²) in [5.41, 5.74) is 1.91. The molecule has 0 bridgehead atoms. The van der Waals surface area contributed by atoms with Gasteiger partial charge in [-0.05, 0) is 29.8 Å². The van der Waals surface area contributed by atoms with E-state index in [-0.39, 0.29) is 11.6 Å². The predicted octanol–water partition coefficient (Wildman–Crippen LogP) is 4.25. The molecule has 1 N–H and O–H groups in total. The highest BCUT2D eigenvalue weighted by Gasteiger charge is 2.23. The van der Waals surface area contributed by atoms with E-state index in [1.54, 1.807) is 24.4 Å². The fourth-order valence-corrected chi connectivity index (χ4v) is 3.06. The van der Waals surface area contributed by atoms with Crippen LogP contribution in [0.15, 0.2) is 77.6 Å². The molecule has 2 heterocycles. The second-order valence-electron chi connectivity index (χ2n) is 6.30. The van der Waals surface area contributed by atoms with Gasteiger partial charge in [-0.2, -0.15) is 0 Å². The van der Waals surface area contributed by atoms with E-state index < -0.39 is 6.04 Å². The van der Waals surface area contributed by atoms with Gasteiger partial charge in [0.05, 0.1) is 0 Å². The number of hydrogen-bond acceptors (Lipinski definition) is 4. The van der Waals surface area contributed by atoms with Crippen LogP contribution in [-0.2, 0) is 7.05 Å². The fraction of sp³-hybridized carbons (Fsp3) is 0.0952. The van der Waals surface area contributed by atoms with Gasteiger partial charge in [0, 0.05) is 36.1 Å².